The molecule has 2 atom stereocenters. The molecule has 1 heterocycles. The van der Waals surface area contributed by atoms with E-state index in [1.54, 1.807) is 13.0 Å². The van der Waals surface area contributed by atoms with Crippen LogP contribution in [0.1, 0.15) is 19.4 Å². The smallest absolute Gasteiger partial charge is 0.162 e. The molecule has 7 heteroatoms. The molecule has 2 rings (SSSR count). The van der Waals surface area contributed by atoms with Crippen LogP contribution in [-0.2, 0) is 15.4 Å². The lowest BCUT2D eigenvalue weighted by atomic mass is 9.94. The molecule has 0 aromatic heterocycles. The minimum absolute atomic E-state index is 0.0214. The van der Waals surface area contributed by atoms with E-state index in [9.17, 15) is 12.8 Å². The Bertz CT molecular complexity index is 660. The Morgan fingerprint density at radius 2 is 2.16 bits per heavy atom. The van der Waals surface area contributed by atoms with Crippen LogP contribution in [0.25, 0.3) is 0 Å². The Morgan fingerprint density at radius 1 is 1.53 bits per heavy atom. The summed E-state index contributed by atoms with van der Waals surface area (Å²) in [5.74, 6) is -0.727. The summed E-state index contributed by atoms with van der Waals surface area (Å²) in [6, 6.07) is 4.37. The lowest BCUT2D eigenvalue weighted by Gasteiger charge is -2.33. The topological polar surface area (TPSA) is 72.5 Å². The number of nitrogens with two attached hydrogens (primary N) is 1. The van der Waals surface area contributed by atoms with Crippen molar-refractivity contribution >= 4 is 31.6 Å². The first-order valence-electron chi connectivity index (χ1n) is 5.68. The van der Waals surface area contributed by atoms with Crippen molar-refractivity contribution in [2.24, 2.45) is 10.7 Å². The number of sulfone groups is 1. The van der Waals surface area contributed by atoms with Gasteiger partial charge in [-0.3, -0.25) is 4.99 Å². The third-order valence-electron chi connectivity index (χ3n) is 3.32. The van der Waals surface area contributed by atoms with Gasteiger partial charge < -0.3 is 5.73 Å². The lowest BCUT2D eigenvalue weighted by Crippen LogP contribution is -2.47. The largest absolute Gasteiger partial charge is 0.386 e. The molecule has 0 amide bonds. The minimum Gasteiger partial charge on any atom is -0.386 e. The summed E-state index contributed by atoms with van der Waals surface area (Å²) >= 11 is 3.25. The highest BCUT2D eigenvalue weighted by Gasteiger charge is 2.42. The fraction of sp³-hybridized carbons (Fsp3) is 0.417. The molecule has 4 nitrogen and oxygen atoms in total. The highest BCUT2D eigenvalue weighted by Crippen LogP contribution is 2.35. The minimum atomic E-state index is -3.43. The van der Waals surface area contributed by atoms with Gasteiger partial charge in [-0.1, -0.05) is 15.9 Å². The molecule has 0 radical (unpaired) electrons. The maximum atomic E-state index is 13.9. The molecule has 2 N–H and O–H groups in total. The number of benzene rings is 1. The predicted octanol–water partition coefficient (Wildman–Crippen LogP) is 1.98. The first-order valence-corrected chi connectivity index (χ1v) is 8.19. The third-order valence-corrected chi connectivity index (χ3v) is 6.10. The fourth-order valence-electron chi connectivity index (χ4n) is 2.16. The summed E-state index contributed by atoms with van der Waals surface area (Å²) in [7, 11) is -3.43. The molecular weight excluding hydrogens is 335 g/mol. The summed E-state index contributed by atoms with van der Waals surface area (Å²) in [6.07, 6.45) is 0. The molecule has 1 aliphatic heterocycles. The number of rotatable bonds is 1. The van der Waals surface area contributed by atoms with E-state index in [4.69, 9.17) is 5.73 Å². The molecule has 0 aliphatic carbocycles. The van der Waals surface area contributed by atoms with Gasteiger partial charge in [0.05, 0.1) is 5.75 Å². The molecule has 104 valence electrons. The van der Waals surface area contributed by atoms with E-state index < -0.39 is 26.4 Å². The van der Waals surface area contributed by atoms with Gasteiger partial charge in [0.2, 0.25) is 0 Å². The Balaban J connectivity index is 2.64. The van der Waals surface area contributed by atoms with Crippen molar-refractivity contribution < 1.29 is 12.8 Å². The van der Waals surface area contributed by atoms with E-state index in [0.717, 1.165) is 0 Å². The molecule has 19 heavy (non-hydrogen) atoms. The second kappa shape index (κ2) is 4.56. The van der Waals surface area contributed by atoms with Crippen molar-refractivity contribution in [2.75, 3.05) is 5.75 Å². The van der Waals surface area contributed by atoms with E-state index >= 15 is 0 Å². The number of aliphatic imine (C=N–C) groups is 1. The highest BCUT2D eigenvalue weighted by atomic mass is 79.9. The zero-order valence-electron chi connectivity index (χ0n) is 10.5. The number of amidine groups is 1. The summed E-state index contributed by atoms with van der Waals surface area (Å²) < 4.78 is 38.8. The van der Waals surface area contributed by atoms with Gasteiger partial charge in [0.15, 0.2) is 9.84 Å². The Hall–Kier alpha value is -0.950. The zero-order chi connectivity index (χ0) is 14.4. The molecule has 1 aromatic rings. The van der Waals surface area contributed by atoms with E-state index in [1.807, 2.05) is 0 Å². The second-order valence-electron chi connectivity index (χ2n) is 4.88. The second-order valence-corrected chi connectivity index (χ2v) is 8.12. The zero-order valence-corrected chi connectivity index (χ0v) is 12.9. The molecular formula is C12H14BrFN2O2S. The van der Waals surface area contributed by atoms with Crippen LogP contribution in [0.3, 0.4) is 0 Å². The van der Waals surface area contributed by atoms with Crippen molar-refractivity contribution in [3.05, 3.63) is 34.1 Å². The average Bonchev–Trinajstić information content (AvgIpc) is 2.28. The number of hydrogen-bond acceptors (Lipinski definition) is 4. The van der Waals surface area contributed by atoms with Gasteiger partial charge in [-0.25, -0.2) is 12.8 Å². The highest BCUT2D eigenvalue weighted by molar-refractivity contribution is 9.10. The Kier molecular flexibility index (Phi) is 3.47. The van der Waals surface area contributed by atoms with Crippen LogP contribution in [0.2, 0.25) is 0 Å². The van der Waals surface area contributed by atoms with Gasteiger partial charge >= 0.3 is 0 Å². The van der Waals surface area contributed by atoms with Crippen LogP contribution in [0.15, 0.2) is 27.7 Å². The van der Waals surface area contributed by atoms with Crippen LogP contribution in [-0.4, -0.2) is 25.3 Å². The Morgan fingerprint density at radius 3 is 2.74 bits per heavy atom. The normalized spacial score (nSPS) is 29.9. The molecule has 0 saturated heterocycles. The van der Waals surface area contributed by atoms with Gasteiger partial charge in [-0.2, -0.15) is 0 Å². The van der Waals surface area contributed by atoms with Crippen LogP contribution >= 0.6 is 15.9 Å². The molecule has 1 aliphatic rings. The van der Waals surface area contributed by atoms with Crippen LogP contribution in [0.5, 0.6) is 0 Å². The first kappa shape index (κ1) is 14.5. The Labute approximate surface area is 120 Å². The van der Waals surface area contributed by atoms with E-state index in [1.165, 1.54) is 19.1 Å². The van der Waals surface area contributed by atoms with Crippen molar-refractivity contribution in [2.45, 2.75) is 24.6 Å². The van der Waals surface area contributed by atoms with Crippen molar-refractivity contribution in [3.8, 4) is 0 Å². The van der Waals surface area contributed by atoms with E-state index in [2.05, 4.69) is 20.9 Å². The fourth-order valence-corrected chi connectivity index (χ4v) is 4.19. The van der Waals surface area contributed by atoms with Crippen molar-refractivity contribution in [1.82, 2.24) is 0 Å². The quantitative estimate of drug-likeness (QED) is 0.843. The summed E-state index contributed by atoms with van der Waals surface area (Å²) in [6.45, 7) is 3.07. The average molecular weight is 349 g/mol. The van der Waals surface area contributed by atoms with Gasteiger partial charge in [-0.15, -0.1) is 0 Å². The number of nitrogens with zero attached hydrogens (tertiary/aromatic N) is 1. The standard InChI is InChI=1S/C12H14BrFN2O2S/c1-7-11(15)16-12(2,6-19(7,17)18)9-5-8(13)3-4-10(9)14/h3-5,7H,6H2,1-2H3,(H2,15,16)/t7-,12+/m1/s1. The molecule has 0 bridgehead atoms. The van der Waals surface area contributed by atoms with E-state index in [-0.39, 0.29) is 17.2 Å². The van der Waals surface area contributed by atoms with Gasteiger partial charge in [0.25, 0.3) is 0 Å². The predicted molar refractivity (Wildman–Crippen MR) is 76.3 cm³/mol. The monoisotopic (exact) mass is 348 g/mol. The van der Waals surface area contributed by atoms with Gasteiger partial charge in [0.1, 0.15) is 22.4 Å². The molecule has 0 fully saturated rings. The number of hydrogen-bond donors (Lipinski definition) is 1. The summed E-state index contributed by atoms with van der Waals surface area (Å²) in [4.78, 5) is 4.22. The maximum Gasteiger partial charge on any atom is 0.162 e. The van der Waals surface area contributed by atoms with Crippen molar-refractivity contribution in [3.63, 3.8) is 0 Å². The SMILES string of the molecule is C[C@@H]1C(N)=N[C@](C)(c2cc(Br)ccc2F)CS1(=O)=O. The van der Waals surface area contributed by atoms with Gasteiger partial charge in [-0.05, 0) is 32.0 Å². The lowest BCUT2D eigenvalue weighted by molar-refractivity contribution is 0.485. The molecule has 0 unspecified atom stereocenters. The number of halogens is 2. The molecule has 0 spiro atoms. The first-order chi connectivity index (χ1) is 8.66. The maximum absolute atomic E-state index is 13.9. The summed E-state index contributed by atoms with van der Waals surface area (Å²) in [5.41, 5.74) is 4.72. The molecule has 1 aromatic carbocycles. The van der Waals surface area contributed by atoms with E-state index in [0.29, 0.717) is 4.47 Å². The third kappa shape index (κ3) is 2.53. The summed E-state index contributed by atoms with van der Waals surface area (Å²) in [5, 5.41) is -0.823. The van der Waals surface area contributed by atoms with Crippen LogP contribution < -0.4 is 5.73 Å². The van der Waals surface area contributed by atoms with Crippen molar-refractivity contribution in [1.29, 1.82) is 0 Å². The van der Waals surface area contributed by atoms with Crippen LogP contribution in [0, 0.1) is 5.82 Å². The molecule has 0 saturated carbocycles. The van der Waals surface area contributed by atoms with Crippen LogP contribution in [0.4, 0.5) is 4.39 Å². The van der Waals surface area contributed by atoms with Gasteiger partial charge in [0, 0.05) is 10.0 Å².